The van der Waals surface area contributed by atoms with Gasteiger partial charge in [-0.15, -0.1) is 0 Å². The highest BCUT2D eigenvalue weighted by Crippen LogP contribution is 2.21. The second-order valence-electron chi connectivity index (χ2n) is 5.45. The molecule has 0 aliphatic heterocycles. The lowest BCUT2D eigenvalue weighted by Crippen LogP contribution is -2.36. The molecule has 5 nitrogen and oxygen atoms in total. The smallest absolute Gasteiger partial charge is 0.0791 e. The second-order valence-corrected chi connectivity index (χ2v) is 5.45. The lowest BCUT2D eigenvalue weighted by atomic mass is 10.1. The molecular formula is C14H28N4O. The first kappa shape index (κ1) is 16.1. The molecule has 0 radical (unpaired) electrons. The first-order valence-electron chi connectivity index (χ1n) is 6.96. The maximum absolute atomic E-state index is 9.88. The molecule has 0 saturated heterocycles. The van der Waals surface area contributed by atoms with E-state index >= 15 is 0 Å². The molecule has 110 valence electrons. The van der Waals surface area contributed by atoms with Gasteiger partial charge < -0.3 is 15.3 Å². The molecule has 0 amide bonds. The minimum Gasteiger partial charge on any atom is -0.390 e. The van der Waals surface area contributed by atoms with Gasteiger partial charge in [-0.1, -0.05) is 0 Å². The van der Waals surface area contributed by atoms with Gasteiger partial charge in [-0.25, -0.2) is 0 Å². The van der Waals surface area contributed by atoms with Crippen molar-refractivity contribution >= 4 is 0 Å². The van der Waals surface area contributed by atoms with E-state index in [1.54, 1.807) is 0 Å². The van der Waals surface area contributed by atoms with E-state index in [0.29, 0.717) is 13.1 Å². The van der Waals surface area contributed by atoms with Crippen molar-refractivity contribution in [2.45, 2.75) is 46.4 Å². The van der Waals surface area contributed by atoms with Gasteiger partial charge in [-0.05, 0) is 41.8 Å². The highest BCUT2D eigenvalue weighted by atomic mass is 16.3. The summed E-state index contributed by atoms with van der Waals surface area (Å²) in [6.07, 6.45) is -0.348. The van der Waals surface area contributed by atoms with E-state index in [-0.39, 0.29) is 12.1 Å². The van der Waals surface area contributed by atoms with Crippen molar-refractivity contribution in [2.75, 3.05) is 27.2 Å². The minimum absolute atomic E-state index is 0.206. The summed E-state index contributed by atoms with van der Waals surface area (Å²) >= 11 is 0. The molecule has 1 heterocycles. The van der Waals surface area contributed by atoms with E-state index < -0.39 is 0 Å². The summed E-state index contributed by atoms with van der Waals surface area (Å²) < 4.78 is 2.03. The van der Waals surface area contributed by atoms with E-state index in [1.165, 1.54) is 11.3 Å². The van der Waals surface area contributed by atoms with Crippen LogP contribution in [-0.4, -0.2) is 53.1 Å². The molecular weight excluding hydrogens is 240 g/mol. The zero-order chi connectivity index (χ0) is 14.6. The van der Waals surface area contributed by atoms with Crippen LogP contribution in [0.15, 0.2) is 0 Å². The number of hydrogen-bond donors (Lipinski definition) is 2. The van der Waals surface area contributed by atoms with E-state index in [0.717, 1.165) is 12.2 Å². The molecule has 19 heavy (non-hydrogen) atoms. The van der Waals surface area contributed by atoms with Crippen LogP contribution in [-0.2, 0) is 6.54 Å². The molecule has 0 fully saturated rings. The van der Waals surface area contributed by atoms with Crippen molar-refractivity contribution in [2.24, 2.45) is 0 Å². The topological polar surface area (TPSA) is 53.3 Å². The summed E-state index contributed by atoms with van der Waals surface area (Å²) in [4.78, 5) is 1.99. The van der Waals surface area contributed by atoms with Gasteiger partial charge >= 0.3 is 0 Å². The van der Waals surface area contributed by atoms with Crippen molar-refractivity contribution in [1.29, 1.82) is 0 Å². The van der Waals surface area contributed by atoms with E-state index in [9.17, 15) is 5.11 Å². The van der Waals surface area contributed by atoms with Crippen LogP contribution in [0.3, 0.4) is 0 Å². The van der Waals surface area contributed by atoms with Crippen LogP contribution < -0.4 is 5.32 Å². The van der Waals surface area contributed by atoms with Gasteiger partial charge in [0, 0.05) is 36.9 Å². The fourth-order valence-electron chi connectivity index (χ4n) is 2.55. The van der Waals surface area contributed by atoms with Crippen LogP contribution in [0.5, 0.6) is 0 Å². The van der Waals surface area contributed by atoms with Crippen LogP contribution >= 0.6 is 0 Å². The first-order valence-corrected chi connectivity index (χ1v) is 6.96. The largest absolute Gasteiger partial charge is 0.390 e. The number of rotatable bonds is 7. The average molecular weight is 268 g/mol. The monoisotopic (exact) mass is 268 g/mol. The molecule has 2 unspecified atom stereocenters. The molecule has 2 atom stereocenters. The van der Waals surface area contributed by atoms with Crippen molar-refractivity contribution in [1.82, 2.24) is 20.0 Å². The van der Waals surface area contributed by atoms with Gasteiger partial charge in [0.05, 0.1) is 11.8 Å². The second kappa shape index (κ2) is 7.03. The number of nitrogens with one attached hydrogen (secondary N) is 1. The number of likely N-dealkylation sites (N-methyl/N-ethyl adjacent to an activating group) is 1. The third-order valence-electron chi connectivity index (χ3n) is 3.41. The predicted octanol–water partition coefficient (Wildman–Crippen LogP) is 1.09. The highest BCUT2D eigenvalue weighted by Gasteiger charge is 2.17. The SMILES string of the molecule is CCn1nc(C)c(C(C)NCC(O)CN(C)C)c1C. The zero-order valence-corrected chi connectivity index (χ0v) is 13.1. The number of nitrogens with zero attached hydrogens (tertiary/aromatic N) is 3. The normalized spacial score (nSPS) is 14.9. The molecule has 1 aromatic rings. The van der Waals surface area contributed by atoms with Gasteiger partial charge in [-0.2, -0.15) is 5.10 Å². The third-order valence-corrected chi connectivity index (χ3v) is 3.41. The predicted molar refractivity (Wildman–Crippen MR) is 78.4 cm³/mol. The van der Waals surface area contributed by atoms with Gasteiger partial charge in [0.15, 0.2) is 0 Å². The maximum Gasteiger partial charge on any atom is 0.0791 e. The van der Waals surface area contributed by atoms with E-state index in [4.69, 9.17) is 0 Å². The van der Waals surface area contributed by atoms with Crippen LogP contribution in [0.25, 0.3) is 0 Å². The van der Waals surface area contributed by atoms with Crippen molar-refractivity contribution in [3.63, 3.8) is 0 Å². The lowest BCUT2D eigenvalue weighted by Gasteiger charge is -2.20. The fourth-order valence-corrected chi connectivity index (χ4v) is 2.55. The van der Waals surface area contributed by atoms with Crippen molar-refractivity contribution in [3.8, 4) is 0 Å². The Hall–Kier alpha value is -0.910. The van der Waals surface area contributed by atoms with Crippen LogP contribution in [0.1, 0.15) is 36.8 Å². The maximum atomic E-state index is 9.88. The Kier molecular flexibility index (Phi) is 5.97. The summed E-state index contributed by atoms with van der Waals surface area (Å²) in [6, 6.07) is 0.206. The molecule has 0 saturated carbocycles. The van der Waals surface area contributed by atoms with E-state index in [1.807, 2.05) is 30.6 Å². The standard InChI is InChI=1S/C14H28N4O/c1-7-18-12(4)14(11(3)16-18)10(2)15-8-13(19)9-17(5)6/h10,13,15,19H,7-9H2,1-6H3. The number of aliphatic hydroxyl groups is 1. The van der Waals surface area contributed by atoms with Crippen LogP contribution in [0.2, 0.25) is 0 Å². The Morgan fingerprint density at radius 3 is 2.47 bits per heavy atom. The Labute approximate surface area is 116 Å². The van der Waals surface area contributed by atoms with Gasteiger partial charge in [-0.3, -0.25) is 4.68 Å². The molecule has 0 spiro atoms. The van der Waals surface area contributed by atoms with Crippen molar-refractivity contribution < 1.29 is 5.11 Å². The van der Waals surface area contributed by atoms with Crippen molar-refractivity contribution in [3.05, 3.63) is 17.0 Å². The van der Waals surface area contributed by atoms with Gasteiger partial charge in [0.1, 0.15) is 0 Å². The lowest BCUT2D eigenvalue weighted by molar-refractivity contribution is 0.132. The fraction of sp³-hybridized carbons (Fsp3) is 0.786. The van der Waals surface area contributed by atoms with Crippen LogP contribution in [0.4, 0.5) is 0 Å². The molecule has 1 rings (SSSR count). The summed E-state index contributed by atoms with van der Waals surface area (Å²) in [7, 11) is 3.93. The molecule has 0 aliphatic carbocycles. The summed E-state index contributed by atoms with van der Waals surface area (Å²) in [6.45, 7) is 10.5. The summed E-state index contributed by atoms with van der Waals surface area (Å²) in [5.41, 5.74) is 3.53. The first-order chi connectivity index (χ1) is 8.86. The Bertz CT molecular complexity index is 400. The van der Waals surface area contributed by atoms with Gasteiger partial charge in [0.2, 0.25) is 0 Å². The Balaban J connectivity index is 2.63. The van der Waals surface area contributed by atoms with Crippen LogP contribution in [0, 0.1) is 13.8 Å². The Morgan fingerprint density at radius 2 is 2.00 bits per heavy atom. The summed E-state index contributed by atoms with van der Waals surface area (Å²) in [5, 5.41) is 17.8. The molecule has 5 heteroatoms. The molecule has 1 aromatic heterocycles. The summed E-state index contributed by atoms with van der Waals surface area (Å²) in [5.74, 6) is 0. The molecule has 0 aliphatic rings. The minimum atomic E-state index is -0.348. The molecule has 0 bridgehead atoms. The van der Waals surface area contributed by atoms with Gasteiger partial charge in [0.25, 0.3) is 0 Å². The number of aromatic nitrogens is 2. The zero-order valence-electron chi connectivity index (χ0n) is 13.1. The number of aryl methyl sites for hydroxylation is 2. The number of aliphatic hydroxyl groups excluding tert-OH is 1. The average Bonchev–Trinajstić information content (AvgIpc) is 2.60. The Morgan fingerprint density at radius 1 is 1.37 bits per heavy atom. The quantitative estimate of drug-likeness (QED) is 0.777. The number of hydrogen-bond acceptors (Lipinski definition) is 4. The molecule has 0 aromatic carbocycles. The highest BCUT2D eigenvalue weighted by molar-refractivity contribution is 5.27. The van der Waals surface area contributed by atoms with E-state index in [2.05, 4.69) is 31.2 Å². The molecule has 2 N–H and O–H groups in total. The third kappa shape index (κ3) is 4.30.